The first-order valence-corrected chi connectivity index (χ1v) is 6.27. The van der Waals surface area contributed by atoms with E-state index in [1.54, 1.807) is 0 Å². The second-order valence-electron chi connectivity index (χ2n) is 5.54. The highest BCUT2D eigenvalue weighted by atomic mass is 16.5. The highest BCUT2D eigenvalue weighted by molar-refractivity contribution is 4.82. The van der Waals surface area contributed by atoms with Gasteiger partial charge in [-0.05, 0) is 31.6 Å². The minimum absolute atomic E-state index is 0.197. The normalized spacial score (nSPS) is 23.0. The Labute approximate surface area is 99.2 Å². The summed E-state index contributed by atoms with van der Waals surface area (Å²) in [7, 11) is 0. The minimum Gasteiger partial charge on any atom is -0.377 e. The highest BCUT2D eigenvalue weighted by Gasteiger charge is 2.24. The molecule has 0 aromatic rings. The molecular formula is C13H24N2O. The molecule has 0 radical (unpaired) electrons. The summed E-state index contributed by atoms with van der Waals surface area (Å²) >= 11 is 0. The summed E-state index contributed by atoms with van der Waals surface area (Å²) < 4.78 is 5.65. The third kappa shape index (κ3) is 4.51. The van der Waals surface area contributed by atoms with Crippen LogP contribution in [0.25, 0.3) is 0 Å². The fourth-order valence-corrected chi connectivity index (χ4v) is 2.05. The maximum Gasteiger partial charge on any atom is 0.0726 e. The van der Waals surface area contributed by atoms with Crippen molar-refractivity contribution >= 4 is 0 Å². The van der Waals surface area contributed by atoms with E-state index >= 15 is 0 Å². The molecule has 1 saturated heterocycles. The van der Waals surface area contributed by atoms with Crippen LogP contribution in [0.15, 0.2) is 0 Å². The molecule has 1 aliphatic heterocycles. The molecule has 0 aromatic carbocycles. The van der Waals surface area contributed by atoms with Gasteiger partial charge in [-0.25, -0.2) is 0 Å². The van der Waals surface area contributed by atoms with Gasteiger partial charge < -0.3 is 10.1 Å². The molecule has 1 aliphatic rings. The Hall–Kier alpha value is -0.590. The van der Waals surface area contributed by atoms with Crippen molar-refractivity contribution in [1.29, 1.82) is 5.26 Å². The highest BCUT2D eigenvalue weighted by Crippen LogP contribution is 2.22. The molecule has 1 fully saturated rings. The summed E-state index contributed by atoms with van der Waals surface area (Å²) in [6.07, 6.45) is 4.34. The first kappa shape index (κ1) is 13.5. The fourth-order valence-electron chi connectivity index (χ4n) is 2.05. The van der Waals surface area contributed by atoms with E-state index in [0.717, 1.165) is 19.6 Å². The summed E-state index contributed by atoms with van der Waals surface area (Å²) in [5.41, 5.74) is 0.197. The van der Waals surface area contributed by atoms with E-state index in [4.69, 9.17) is 10.00 Å². The molecule has 0 saturated carbocycles. The Balaban J connectivity index is 2.24. The van der Waals surface area contributed by atoms with E-state index in [-0.39, 0.29) is 5.41 Å². The van der Waals surface area contributed by atoms with Crippen LogP contribution in [0.1, 0.15) is 46.5 Å². The summed E-state index contributed by atoms with van der Waals surface area (Å²) in [5.74, 6) is 0. The van der Waals surface area contributed by atoms with Crippen LogP contribution in [0.3, 0.4) is 0 Å². The van der Waals surface area contributed by atoms with Crippen LogP contribution in [0.5, 0.6) is 0 Å². The number of ether oxygens (including phenoxy) is 1. The van der Waals surface area contributed by atoms with Crippen LogP contribution in [-0.4, -0.2) is 25.3 Å². The summed E-state index contributed by atoms with van der Waals surface area (Å²) in [6.45, 7) is 8.47. The first-order chi connectivity index (χ1) is 7.55. The van der Waals surface area contributed by atoms with Crippen molar-refractivity contribution in [2.45, 2.75) is 58.6 Å². The number of rotatable bonds is 6. The number of nitrogens with zero attached hydrogens (tertiary/aromatic N) is 1. The van der Waals surface area contributed by atoms with E-state index < -0.39 is 0 Å². The Morgan fingerprint density at radius 1 is 1.56 bits per heavy atom. The van der Waals surface area contributed by atoms with E-state index in [9.17, 15) is 0 Å². The van der Waals surface area contributed by atoms with Crippen molar-refractivity contribution in [3.63, 3.8) is 0 Å². The summed E-state index contributed by atoms with van der Waals surface area (Å²) in [6, 6.07) is 2.63. The predicted octanol–water partition coefficient (Wildman–Crippen LogP) is 2.47. The Morgan fingerprint density at radius 3 is 2.88 bits per heavy atom. The standard InChI is InChI=1S/C13H24N2O/c1-11(12-6-4-9-16-12)15-10-13(2,3)7-5-8-14/h11-12,15H,4-7,9-10H2,1-3H3. The van der Waals surface area contributed by atoms with Crippen LogP contribution < -0.4 is 5.32 Å². The van der Waals surface area contributed by atoms with Gasteiger partial charge in [0.15, 0.2) is 0 Å². The minimum atomic E-state index is 0.197. The Morgan fingerprint density at radius 2 is 2.31 bits per heavy atom. The maximum absolute atomic E-state index is 8.59. The fraction of sp³-hybridized carbons (Fsp3) is 0.923. The van der Waals surface area contributed by atoms with Gasteiger partial charge in [-0.1, -0.05) is 13.8 Å². The monoisotopic (exact) mass is 224 g/mol. The van der Waals surface area contributed by atoms with Crippen molar-refractivity contribution in [3.8, 4) is 6.07 Å². The maximum atomic E-state index is 8.59. The molecule has 16 heavy (non-hydrogen) atoms. The van der Waals surface area contributed by atoms with E-state index in [0.29, 0.717) is 18.6 Å². The summed E-state index contributed by atoms with van der Waals surface area (Å²) in [4.78, 5) is 0. The third-order valence-electron chi connectivity index (χ3n) is 3.34. The van der Waals surface area contributed by atoms with Gasteiger partial charge in [0.1, 0.15) is 0 Å². The lowest BCUT2D eigenvalue weighted by molar-refractivity contribution is 0.0797. The molecular weight excluding hydrogens is 200 g/mol. The number of nitrogens with one attached hydrogen (secondary N) is 1. The predicted molar refractivity (Wildman–Crippen MR) is 65.1 cm³/mol. The largest absolute Gasteiger partial charge is 0.377 e. The van der Waals surface area contributed by atoms with Crippen LogP contribution >= 0.6 is 0 Å². The molecule has 1 heterocycles. The Bertz CT molecular complexity index is 239. The molecule has 3 heteroatoms. The van der Waals surface area contributed by atoms with Gasteiger partial charge in [-0.2, -0.15) is 5.26 Å². The van der Waals surface area contributed by atoms with Crippen molar-refractivity contribution < 1.29 is 4.74 Å². The average molecular weight is 224 g/mol. The van der Waals surface area contributed by atoms with E-state index in [1.807, 2.05) is 0 Å². The molecule has 3 nitrogen and oxygen atoms in total. The quantitative estimate of drug-likeness (QED) is 0.754. The molecule has 1 rings (SSSR count). The lowest BCUT2D eigenvalue weighted by Gasteiger charge is -2.28. The van der Waals surface area contributed by atoms with Crippen molar-refractivity contribution in [2.75, 3.05) is 13.2 Å². The zero-order valence-electron chi connectivity index (χ0n) is 10.8. The van der Waals surface area contributed by atoms with Gasteiger partial charge >= 0.3 is 0 Å². The van der Waals surface area contributed by atoms with Crippen LogP contribution in [0.4, 0.5) is 0 Å². The number of hydrogen-bond acceptors (Lipinski definition) is 3. The number of nitriles is 1. The average Bonchev–Trinajstić information content (AvgIpc) is 2.77. The van der Waals surface area contributed by atoms with Crippen LogP contribution in [-0.2, 0) is 4.74 Å². The molecule has 1 N–H and O–H groups in total. The van der Waals surface area contributed by atoms with Gasteiger partial charge in [-0.3, -0.25) is 0 Å². The van der Waals surface area contributed by atoms with Gasteiger partial charge in [0.2, 0.25) is 0 Å². The molecule has 0 aromatic heterocycles. The topological polar surface area (TPSA) is 45.0 Å². The molecule has 92 valence electrons. The second kappa shape index (κ2) is 6.22. The lowest BCUT2D eigenvalue weighted by Crippen LogP contribution is -2.41. The first-order valence-electron chi connectivity index (χ1n) is 6.27. The molecule has 0 bridgehead atoms. The van der Waals surface area contributed by atoms with Crippen molar-refractivity contribution in [1.82, 2.24) is 5.32 Å². The third-order valence-corrected chi connectivity index (χ3v) is 3.34. The molecule has 0 amide bonds. The van der Waals surface area contributed by atoms with Gasteiger partial charge in [-0.15, -0.1) is 0 Å². The van der Waals surface area contributed by atoms with Gasteiger partial charge in [0, 0.05) is 25.6 Å². The SMILES string of the molecule is CC(NCC(C)(C)CCC#N)C1CCCO1. The molecule has 2 unspecified atom stereocenters. The number of hydrogen-bond donors (Lipinski definition) is 1. The van der Waals surface area contributed by atoms with Crippen molar-refractivity contribution in [2.24, 2.45) is 5.41 Å². The summed E-state index contributed by atoms with van der Waals surface area (Å²) in [5, 5.41) is 12.1. The van der Waals surface area contributed by atoms with E-state index in [2.05, 4.69) is 32.2 Å². The van der Waals surface area contributed by atoms with Crippen LogP contribution in [0.2, 0.25) is 0 Å². The smallest absolute Gasteiger partial charge is 0.0726 e. The second-order valence-corrected chi connectivity index (χ2v) is 5.54. The molecule has 0 aliphatic carbocycles. The van der Waals surface area contributed by atoms with Gasteiger partial charge in [0.05, 0.1) is 12.2 Å². The Kier molecular flexibility index (Phi) is 5.24. The lowest BCUT2D eigenvalue weighted by atomic mass is 9.87. The molecule has 0 spiro atoms. The molecule has 2 atom stereocenters. The zero-order valence-corrected chi connectivity index (χ0v) is 10.8. The van der Waals surface area contributed by atoms with E-state index in [1.165, 1.54) is 12.8 Å². The van der Waals surface area contributed by atoms with Crippen molar-refractivity contribution in [3.05, 3.63) is 0 Å². The van der Waals surface area contributed by atoms with Gasteiger partial charge in [0.25, 0.3) is 0 Å². The zero-order chi connectivity index (χ0) is 12.0. The van der Waals surface area contributed by atoms with Crippen LogP contribution in [0, 0.1) is 16.7 Å².